The molecule has 0 heterocycles. The van der Waals surface area contributed by atoms with Crippen LogP contribution in [0.2, 0.25) is 0 Å². The molecule has 0 aliphatic rings. The third kappa shape index (κ3) is 35.8. The lowest BCUT2D eigenvalue weighted by Gasteiger charge is -2.17. The monoisotopic (exact) mass is 713 g/mol. The molecule has 0 saturated heterocycles. The molecule has 0 aromatic heterocycles. The summed E-state index contributed by atoms with van der Waals surface area (Å²) in [4.78, 5) is 25.9. The zero-order chi connectivity index (χ0) is 35.9. The lowest BCUT2D eigenvalue weighted by Crippen LogP contribution is -2.20. The minimum Gasteiger partial charge on any atom is -0.394 e. The molecule has 1 unspecified atom stereocenters. The van der Waals surface area contributed by atoms with E-state index in [1.54, 1.807) is 0 Å². The molecule has 2 N–H and O–H groups in total. The molecule has 0 aliphatic carbocycles. The van der Waals surface area contributed by atoms with Gasteiger partial charge in [-0.2, -0.15) is 0 Å². The van der Waals surface area contributed by atoms with Crippen molar-refractivity contribution in [3.05, 3.63) is 0 Å². The van der Waals surface area contributed by atoms with Crippen molar-refractivity contribution >= 4 is 19.2 Å². The quantitative estimate of drug-likeness (QED) is 0.0486. The SMILES string of the molecule is CCCCCCCCCCCCCCCCCCCC(=O)P(OCC(O)CO)C(=O)CCCCCCCCCCCCCCCCCCC. The predicted molar refractivity (Wildman–Crippen MR) is 214 cm³/mol. The van der Waals surface area contributed by atoms with E-state index in [1.807, 2.05) is 0 Å². The molecular weight excluding hydrogens is 627 g/mol. The molecule has 6 heteroatoms. The van der Waals surface area contributed by atoms with Gasteiger partial charge in [-0.3, -0.25) is 9.59 Å². The van der Waals surface area contributed by atoms with Gasteiger partial charge >= 0.3 is 0 Å². The number of aliphatic hydroxyl groups excluding tert-OH is 2. The lowest BCUT2D eigenvalue weighted by atomic mass is 10.0. The molecule has 0 rings (SSSR count). The van der Waals surface area contributed by atoms with Crippen LogP contribution in [0, 0.1) is 0 Å². The van der Waals surface area contributed by atoms with Gasteiger partial charge in [0.25, 0.3) is 0 Å². The molecule has 0 bridgehead atoms. The van der Waals surface area contributed by atoms with Crippen LogP contribution in [0.1, 0.15) is 245 Å². The first-order chi connectivity index (χ1) is 24.1. The summed E-state index contributed by atoms with van der Waals surface area (Å²) in [5.74, 6) is 0. The Balaban J connectivity index is 3.86. The Kier molecular flexibility index (Phi) is 40.1. The number of aliphatic hydroxyl groups is 2. The van der Waals surface area contributed by atoms with Crippen LogP contribution in [0.4, 0.5) is 0 Å². The Labute approximate surface area is 307 Å². The molecule has 0 radical (unpaired) electrons. The molecule has 292 valence electrons. The fraction of sp³-hybridized carbons (Fsp3) is 0.953. The number of rotatable bonds is 42. The molecule has 0 aliphatic heterocycles. The predicted octanol–water partition coefficient (Wildman–Crippen LogP) is 13.9. The van der Waals surface area contributed by atoms with Gasteiger partial charge in [-0.15, -0.1) is 0 Å². The second-order valence-electron chi connectivity index (χ2n) is 15.0. The summed E-state index contributed by atoms with van der Waals surface area (Å²) in [6.45, 7) is 3.97. The van der Waals surface area contributed by atoms with Gasteiger partial charge < -0.3 is 14.7 Å². The lowest BCUT2D eigenvalue weighted by molar-refractivity contribution is -0.115. The molecule has 49 heavy (non-hydrogen) atoms. The number of hydrogen-bond acceptors (Lipinski definition) is 5. The van der Waals surface area contributed by atoms with Crippen molar-refractivity contribution in [2.24, 2.45) is 0 Å². The summed E-state index contributed by atoms with van der Waals surface area (Å²) >= 11 is 0. The number of carbonyl (C=O) groups is 2. The van der Waals surface area contributed by atoms with Crippen LogP contribution >= 0.6 is 8.15 Å². The van der Waals surface area contributed by atoms with Gasteiger partial charge in [0.2, 0.25) is 0 Å². The number of carbonyl (C=O) groups excluding carboxylic acids is 2. The summed E-state index contributed by atoms with van der Waals surface area (Å²) in [5, 5.41) is 18.9. The zero-order valence-corrected chi connectivity index (χ0v) is 33.9. The minimum atomic E-state index is -1.86. The maximum absolute atomic E-state index is 13.0. The van der Waals surface area contributed by atoms with E-state index in [-0.39, 0.29) is 17.7 Å². The van der Waals surface area contributed by atoms with Gasteiger partial charge in [-0.1, -0.05) is 219 Å². The maximum atomic E-state index is 13.0. The van der Waals surface area contributed by atoms with E-state index < -0.39 is 20.9 Å². The summed E-state index contributed by atoms with van der Waals surface area (Å²) in [6.07, 6.45) is 43.8. The van der Waals surface area contributed by atoms with Crippen molar-refractivity contribution < 1.29 is 24.3 Å². The Morgan fingerprint density at radius 3 is 0.878 bits per heavy atom. The second-order valence-corrected chi connectivity index (χ2v) is 16.9. The molecule has 0 aromatic carbocycles. The van der Waals surface area contributed by atoms with Crippen molar-refractivity contribution in [1.29, 1.82) is 0 Å². The van der Waals surface area contributed by atoms with Crippen LogP contribution in [0.15, 0.2) is 0 Å². The Morgan fingerprint density at radius 1 is 0.429 bits per heavy atom. The third-order valence-corrected chi connectivity index (χ3v) is 11.8. The maximum Gasteiger partial charge on any atom is 0.189 e. The Bertz CT molecular complexity index is 637. The van der Waals surface area contributed by atoms with Gasteiger partial charge in [-0.05, 0) is 12.8 Å². The van der Waals surface area contributed by atoms with Gasteiger partial charge in [0.05, 0.1) is 13.2 Å². The molecule has 0 saturated carbocycles. The second kappa shape index (κ2) is 40.4. The Morgan fingerprint density at radius 2 is 0.653 bits per heavy atom. The van der Waals surface area contributed by atoms with E-state index in [4.69, 9.17) is 9.63 Å². The standard InChI is InChI=1S/C43H85O5P/c1-3-5-7-9-11-13-15-17-19-21-23-25-27-29-31-33-35-37-42(46)49(48-40-41(45)39-44)43(47)38-36-34-32-30-28-26-24-22-20-18-16-14-12-10-8-6-4-2/h41,44-45H,3-40H2,1-2H3. The van der Waals surface area contributed by atoms with Crippen LogP contribution in [0.5, 0.6) is 0 Å². The molecule has 1 atom stereocenters. The third-order valence-electron chi connectivity index (χ3n) is 10.0. The average molecular weight is 713 g/mol. The summed E-state index contributed by atoms with van der Waals surface area (Å²) < 4.78 is 5.64. The van der Waals surface area contributed by atoms with Crippen molar-refractivity contribution in [1.82, 2.24) is 0 Å². The minimum absolute atomic E-state index is 0.0990. The summed E-state index contributed by atoms with van der Waals surface area (Å²) in [7, 11) is -1.86. The highest BCUT2D eigenvalue weighted by Crippen LogP contribution is 2.42. The van der Waals surface area contributed by atoms with E-state index in [0.29, 0.717) is 12.8 Å². The zero-order valence-electron chi connectivity index (χ0n) is 33.0. The highest BCUT2D eigenvalue weighted by molar-refractivity contribution is 7.85. The summed E-state index contributed by atoms with van der Waals surface area (Å²) in [5.41, 5.74) is -0.198. The highest BCUT2D eigenvalue weighted by atomic mass is 31.1. The number of hydrogen-bond donors (Lipinski definition) is 2. The van der Waals surface area contributed by atoms with E-state index >= 15 is 0 Å². The molecule has 0 spiro atoms. The molecular formula is C43H85O5P. The molecule has 5 nitrogen and oxygen atoms in total. The normalized spacial score (nSPS) is 12.3. The van der Waals surface area contributed by atoms with E-state index in [9.17, 15) is 14.7 Å². The number of unbranched alkanes of at least 4 members (excludes halogenated alkanes) is 32. The van der Waals surface area contributed by atoms with Gasteiger partial charge in [0, 0.05) is 12.8 Å². The molecule has 0 fully saturated rings. The topological polar surface area (TPSA) is 83.8 Å². The smallest absolute Gasteiger partial charge is 0.189 e. The van der Waals surface area contributed by atoms with Gasteiger partial charge in [0.1, 0.15) is 6.10 Å². The largest absolute Gasteiger partial charge is 0.394 e. The first-order valence-corrected chi connectivity index (χ1v) is 23.1. The van der Waals surface area contributed by atoms with E-state index in [0.717, 1.165) is 38.5 Å². The van der Waals surface area contributed by atoms with Crippen LogP contribution < -0.4 is 0 Å². The van der Waals surface area contributed by atoms with Gasteiger partial charge in [-0.25, -0.2) is 0 Å². The van der Waals surface area contributed by atoms with E-state index in [2.05, 4.69) is 13.8 Å². The van der Waals surface area contributed by atoms with Gasteiger partial charge in [0.15, 0.2) is 19.2 Å². The Hall–Kier alpha value is -0.350. The van der Waals surface area contributed by atoms with Crippen molar-refractivity contribution in [3.63, 3.8) is 0 Å². The first kappa shape index (κ1) is 48.6. The van der Waals surface area contributed by atoms with Crippen molar-refractivity contribution in [3.8, 4) is 0 Å². The van der Waals surface area contributed by atoms with Crippen LogP contribution in [0.25, 0.3) is 0 Å². The first-order valence-electron chi connectivity index (χ1n) is 21.8. The van der Waals surface area contributed by atoms with Crippen molar-refractivity contribution in [2.45, 2.75) is 251 Å². The molecule has 0 amide bonds. The molecule has 0 aromatic rings. The van der Waals surface area contributed by atoms with Crippen LogP contribution in [0.3, 0.4) is 0 Å². The fourth-order valence-electron chi connectivity index (χ4n) is 6.70. The van der Waals surface area contributed by atoms with Crippen molar-refractivity contribution in [2.75, 3.05) is 13.2 Å². The van der Waals surface area contributed by atoms with Crippen LogP contribution in [-0.2, 0) is 14.1 Å². The highest BCUT2D eigenvalue weighted by Gasteiger charge is 2.27. The fourth-order valence-corrected chi connectivity index (χ4v) is 8.31. The van der Waals surface area contributed by atoms with Crippen LogP contribution in [-0.4, -0.2) is 40.6 Å². The average Bonchev–Trinajstić information content (AvgIpc) is 3.10. The van der Waals surface area contributed by atoms with E-state index in [1.165, 1.54) is 180 Å². The summed E-state index contributed by atoms with van der Waals surface area (Å²) in [6, 6.07) is 0.